The van der Waals surface area contributed by atoms with Gasteiger partial charge in [-0.15, -0.1) is 0 Å². The van der Waals surface area contributed by atoms with Gasteiger partial charge >= 0.3 is 0 Å². The van der Waals surface area contributed by atoms with Gasteiger partial charge < -0.3 is 4.74 Å². The zero-order valence-corrected chi connectivity index (χ0v) is 17.6. The first-order valence-corrected chi connectivity index (χ1v) is 11.5. The molecule has 29 heavy (non-hydrogen) atoms. The molecule has 0 radical (unpaired) electrons. The smallest absolute Gasteiger partial charge is 0.251 e. The average molecular weight is 399 g/mol. The standard InChI is InChI=1S/C24H34N2O3/c1-2-16-29-21-10-8-20(9-11-21)26-23(27)17-22(24(26)28)25-14-12-19(13-15-25)18-6-4-3-5-7-18/h8-11,18-19,22H,2-7,12-17H2,1H3/t22-/m1/s1. The number of hydrogen-bond acceptors (Lipinski definition) is 4. The number of rotatable bonds is 6. The van der Waals surface area contributed by atoms with E-state index in [1.165, 1.54) is 49.8 Å². The lowest BCUT2D eigenvalue weighted by molar-refractivity contribution is -0.123. The summed E-state index contributed by atoms with van der Waals surface area (Å²) in [5.74, 6) is 2.32. The first-order chi connectivity index (χ1) is 14.2. The van der Waals surface area contributed by atoms with Gasteiger partial charge in [-0.1, -0.05) is 39.0 Å². The molecule has 5 heteroatoms. The number of amides is 2. The van der Waals surface area contributed by atoms with Gasteiger partial charge in [-0.3, -0.25) is 14.5 Å². The quantitative estimate of drug-likeness (QED) is 0.667. The molecule has 0 bridgehead atoms. The third-order valence-corrected chi connectivity index (χ3v) is 7.02. The molecule has 1 atom stereocenters. The number of ether oxygens (including phenoxy) is 1. The molecule has 1 aromatic rings. The molecule has 0 aromatic heterocycles. The lowest BCUT2D eigenvalue weighted by Gasteiger charge is -2.39. The molecule has 2 aliphatic heterocycles. The molecule has 2 amide bonds. The first kappa shape index (κ1) is 20.4. The van der Waals surface area contributed by atoms with Crippen LogP contribution in [0.5, 0.6) is 5.75 Å². The molecule has 3 fully saturated rings. The fourth-order valence-electron chi connectivity index (χ4n) is 5.39. The van der Waals surface area contributed by atoms with Crippen molar-refractivity contribution in [1.82, 2.24) is 4.90 Å². The second-order valence-electron chi connectivity index (χ2n) is 8.90. The topological polar surface area (TPSA) is 49.9 Å². The number of likely N-dealkylation sites (tertiary alicyclic amines) is 1. The normalized spacial score (nSPS) is 25.0. The van der Waals surface area contributed by atoms with Gasteiger partial charge in [0.15, 0.2) is 0 Å². The van der Waals surface area contributed by atoms with E-state index in [1.54, 1.807) is 0 Å². The van der Waals surface area contributed by atoms with Gasteiger partial charge in [-0.05, 0) is 68.5 Å². The molecule has 0 unspecified atom stereocenters. The maximum absolute atomic E-state index is 13.1. The Hall–Kier alpha value is -1.88. The third kappa shape index (κ3) is 4.50. The summed E-state index contributed by atoms with van der Waals surface area (Å²) in [6.07, 6.45) is 10.5. The summed E-state index contributed by atoms with van der Waals surface area (Å²) in [6, 6.07) is 7.03. The molecule has 2 heterocycles. The second kappa shape index (κ2) is 9.29. The number of anilines is 1. The number of piperidine rings is 1. The Morgan fingerprint density at radius 1 is 0.931 bits per heavy atom. The molecule has 1 saturated carbocycles. The first-order valence-electron chi connectivity index (χ1n) is 11.5. The molecular formula is C24H34N2O3. The van der Waals surface area contributed by atoms with Gasteiger partial charge in [0.25, 0.3) is 5.91 Å². The Kier molecular flexibility index (Phi) is 6.53. The van der Waals surface area contributed by atoms with Crippen molar-refractivity contribution in [2.24, 2.45) is 11.8 Å². The van der Waals surface area contributed by atoms with Crippen LogP contribution in [0.3, 0.4) is 0 Å². The van der Waals surface area contributed by atoms with E-state index in [1.807, 2.05) is 24.3 Å². The van der Waals surface area contributed by atoms with Crippen molar-refractivity contribution in [3.63, 3.8) is 0 Å². The van der Waals surface area contributed by atoms with Gasteiger partial charge in [0.2, 0.25) is 5.91 Å². The predicted molar refractivity (Wildman–Crippen MR) is 114 cm³/mol. The number of carbonyl (C=O) groups excluding carboxylic acids is 2. The van der Waals surface area contributed by atoms with Crippen molar-refractivity contribution in [3.8, 4) is 5.75 Å². The minimum atomic E-state index is -0.286. The summed E-state index contributed by atoms with van der Waals surface area (Å²) in [4.78, 5) is 29.4. The second-order valence-corrected chi connectivity index (χ2v) is 8.90. The van der Waals surface area contributed by atoms with Crippen LogP contribution < -0.4 is 9.64 Å². The van der Waals surface area contributed by atoms with E-state index in [9.17, 15) is 9.59 Å². The van der Waals surface area contributed by atoms with Crippen LogP contribution in [0.25, 0.3) is 0 Å². The number of nitrogens with zero attached hydrogens (tertiary/aromatic N) is 2. The van der Waals surface area contributed by atoms with Crippen LogP contribution in [0.15, 0.2) is 24.3 Å². The molecule has 1 aliphatic carbocycles. The number of benzene rings is 1. The third-order valence-electron chi connectivity index (χ3n) is 7.02. The summed E-state index contributed by atoms with van der Waals surface area (Å²) < 4.78 is 5.61. The zero-order chi connectivity index (χ0) is 20.2. The molecular weight excluding hydrogens is 364 g/mol. The highest BCUT2D eigenvalue weighted by molar-refractivity contribution is 6.22. The van der Waals surface area contributed by atoms with Gasteiger partial charge in [0.1, 0.15) is 5.75 Å². The lowest BCUT2D eigenvalue weighted by Crippen LogP contribution is -2.46. The lowest BCUT2D eigenvalue weighted by atomic mass is 9.75. The van der Waals surface area contributed by atoms with Gasteiger partial charge in [0, 0.05) is 0 Å². The van der Waals surface area contributed by atoms with Crippen molar-refractivity contribution in [2.75, 3.05) is 24.6 Å². The van der Waals surface area contributed by atoms with Crippen LogP contribution in [0.4, 0.5) is 5.69 Å². The fraction of sp³-hybridized carbons (Fsp3) is 0.667. The Morgan fingerprint density at radius 2 is 1.59 bits per heavy atom. The Labute approximate surface area is 174 Å². The maximum Gasteiger partial charge on any atom is 0.251 e. The predicted octanol–water partition coefficient (Wildman–Crippen LogP) is 4.40. The highest BCUT2D eigenvalue weighted by Crippen LogP contribution is 2.37. The molecule has 0 N–H and O–H groups in total. The van der Waals surface area contributed by atoms with Crippen molar-refractivity contribution >= 4 is 17.5 Å². The van der Waals surface area contributed by atoms with Gasteiger partial charge in [-0.25, -0.2) is 4.90 Å². The van der Waals surface area contributed by atoms with E-state index < -0.39 is 0 Å². The molecule has 158 valence electrons. The van der Waals surface area contributed by atoms with E-state index in [4.69, 9.17) is 4.74 Å². The summed E-state index contributed by atoms with van der Waals surface area (Å²) in [5.41, 5.74) is 0.656. The van der Waals surface area contributed by atoms with E-state index in [0.717, 1.165) is 37.1 Å². The number of hydrogen-bond donors (Lipinski definition) is 0. The fourth-order valence-corrected chi connectivity index (χ4v) is 5.39. The van der Waals surface area contributed by atoms with Crippen molar-refractivity contribution in [1.29, 1.82) is 0 Å². The molecule has 0 spiro atoms. The zero-order valence-electron chi connectivity index (χ0n) is 17.6. The highest BCUT2D eigenvalue weighted by atomic mass is 16.5. The minimum Gasteiger partial charge on any atom is -0.494 e. The van der Waals surface area contributed by atoms with E-state index in [2.05, 4.69) is 11.8 Å². The van der Waals surface area contributed by atoms with Crippen LogP contribution in [0, 0.1) is 11.8 Å². The van der Waals surface area contributed by atoms with E-state index >= 15 is 0 Å². The van der Waals surface area contributed by atoms with Crippen molar-refractivity contribution < 1.29 is 14.3 Å². The summed E-state index contributed by atoms with van der Waals surface area (Å²) in [5, 5.41) is 0. The van der Waals surface area contributed by atoms with Crippen molar-refractivity contribution in [3.05, 3.63) is 24.3 Å². The number of imide groups is 1. The Balaban J connectivity index is 1.36. The highest BCUT2D eigenvalue weighted by Gasteiger charge is 2.43. The molecule has 4 rings (SSSR count). The largest absolute Gasteiger partial charge is 0.494 e. The molecule has 2 saturated heterocycles. The molecule has 1 aromatic carbocycles. The van der Waals surface area contributed by atoms with Crippen LogP contribution in [-0.4, -0.2) is 42.5 Å². The van der Waals surface area contributed by atoms with Gasteiger partial charge in [-0.2, -0.15) is 0 Å². The van der Waals surface area contributed by atoms with Crippen LogP contribution in [0.2, 0.25) is 0 Å². The maximum atomic E-state index is 13.1. The average Bonchev–Trinajstić information content (AvgIpc) is 3.07. The summed E-state index contributed by atoms with van der Waals surface area (Å²) in [7, 11) is 0. The van der Waals surface area contributed by atoms with Crippen LogP contribution >= 0.6 is 0 Å². The van der Waals surface area contributed by atoms with E-state index in [0.29, 0.717) is 18.7 Å². The van der Waals surface area contributed by atoms with Crippen LogP contribution in [-0.2, 0) is 9.59 Å². The Morgan fingerprint density at radius 3 is 2.24 bits per heavy atom. The summed E-state index contributed by atoms with van der Waals surface area (Å²) in [6.45, 7) is 4.62. The monoisotopic (exact) mass is 398 g/mol. The number of carbonyl (C=O) groups is 2. The van der Waals surface area contributed by atoms with Crippen molar-refractivity contribution in [2.45, 2.75) is 70.8 Å². The summed E-state index contributed by atoms with van der Waals surface area (Å²) >= 11 is 0. The molecule has 5 nitrogen and oxygen atoms in total. The van der Waals surface area contributed by atoms with Gasteiger partial charge in [0.05, 0.1) is 24.8 Å². The minimum absolute atomic E-state index is 0.0617. The van der Waals surface area contributed by atoms with E-state index in [-0.39, 0.29) is 17.9 Å². The SMILES string of the molecule is CCCOc1ccc(N2C(=O)C[C@@H](N3CCC(C4CCCCC4)CC3)C2=O)cc1. The molecule has 3 aliphatic rings. The Bertz CT molecular complexity index is 703. The van der Waals surface area contributed by atoms with Crippen LogP contribution in [0.1, 0.15) is 64.7 Å².